The lowest BCUT2D eigenvalue weighted by molar-refractivity contribution is 0.0807. The zero-order chi connectivity index (χ0) is 26.2. The van der Waals surface area contributed by atoms with Crippen LogP contribution < -0.4 is 10.6 Å². The van der Waals surface area contributed by atoms with Crippen LogP contribution in [0.3, 0.4) is 0 Å². The Kier molecular flexibility index (Phi) is 14.4. The Morgan fingerprint density at radius 2 is 1.86 bits per heavy atom. The van der Waals surface area contributed by atoms with E-state index in [1.807, 2.05) is 85.1 Å². The third-order valence-electron chi connectivity index (χ3n) is 5.55. The number of nitrogens with one attached hydrogen (secondary N) is 2. The molecular weight excluding hydrogens is 436 g/mol. The fourth-order valence-corrected chi connectivity index (χ4v) is 3.65. The molecule has 35 heavy (non-hydrogen) atoms. The van der Waals surface area contributed by atoms with Gasteiger partial charge in [-0.05, 0) is 54.8 Å². The van der Waals surface area contributed by atoms with Crippen LogP contribution in [0, 0.1) is 0 Å². The summed E-state index contributed by atoms with van der Waals surface area (Å²) < 4.78 is 0. The van der Waals surface area contributed by atoms with E-state index in [9.17, 15) is 9.90 Å². The summed E-state index contributed by atoms with van der Waals surface area (Å²) >= 11 is 0. The van der Waals surface area contributed by atoms with E-state index in [4.69, 9.17) is 0 Å². The number of nitrogens with zero attached hydrogens (tertiary/aromatic N) is 2. The summed E-state index contributed by atoms with van der Waals surface area (Å²) in [5, 5.41) is 16.8. The molecule has 6 nitrogen and oxygen atoms in total. The molecule has 0 aromatic heterocycles. The molecule has 6 heteroatoms. The van der Waals surface area contributed by atoms with Crippen molar-refractivity contribution in [2.24, 2.45) is 0 Å². The largest absolute Gasteiger partial charge is 0.387 e. The second-order valence-electron chi connectivity index (χ2n) is 8.32. The van der Waals surface area contributed by atoms with E-state index in [0.717, 1.165) is 41.9 Å². The molecule has 2 heterocycles. The number of allylic oxidation sites excluding steroid dienone is 3. The Morgan fingerprint density at radius 3 is 2.46 bits per heavy atom. The molecule has 2 aliphatic heterocycles. The highest BCUT2D eigenvalue weighted by Gasteiger charge is 2.14. The molecule has 0 bridgehead atoms. The van der Waals surface area contributed by atoms with Gasteiger partial charge in [-0.2, -0.15) is 0 Å². The fraction of sp³-hybridized carbons (Fsp3) is 0.483. The third kappa shape index (κ3) is 10.5. The van der Waals surface area contributed by atoms with Gasteiger partial charge in [0.1, 0.15) is 0 Å². The predicted molar refractivity (Wildman–Crippen MR) is 148 cm³/mol. The smallest absolute Gasteiger partial charge is 0.253 e. The highest BCUT2D eigenvalue weighted by Crippen LogP contribution is 2.12. The fourth-order valence-electron chi connectivity index (χ4n) is 3.65. The van der Waals surface area contributed by atoms with Crippen LogP contribution in [-0.4, -0.2) is 73.7 Å². The lowest BCUT2D eigenvalue weighted by Crippen LogP contribution is -2.34. The second-order valence-corrected chi connectivity index (χ2v) is 8.32. The first-order valence-electron chi connectivity index (χ1n) is 12.8. The van der Waals surface area contributed by atoms with Gasteiger partial charge in [-0.1, -0.05) is 58.1 Å². The predicted octanol–water partition coefficient (Wildman–Crippen LogP) is 4.12. The monoisotopic (exact) mass is 482 g/mol. The van der Waals surface area contributed by atoms with E-state index in [1.165, 1.54) is 0 Å². The number of benzene rings is 1. The number of hydrogen-bond acceptors (Lipinski definition) is 5. The topological polar surface area (TPSA) is 67.8 Å². The third-order valence-corrected chi connectivity index (χ3v) is 5.55. The van der Waals surface area contributed by atoms with Crippen molar-refractivity contribution in [3.05, 3.63) is 82.7 Å². The maximum Gasteiger partial charge on any atom is 0.253 e. The Balaban J connectivity index is 0.00000145. The molecule has 1 aromatic rings. The summed E-state index contributed by atoms with van der Waals surface area (Å²) in [5.74, 6) is 0.0222. The van der Waals surface area contributed by atoms with Crippen molar-refractivity contribution >= 4 is 5.91 Å². The SMILES string of the molecule is CC.CC.CC1=CC=C(C(O)CNCCc2ccc(C(=O)N(C)CC3=CN(C)CC=C3)cc2)CN1. The number of carbonyl (C=O) groups excluding carboxylic acids is 1. The first-order valence-corrected chi connectivity index (χ1v) is 12.8. The van der Waals surface area contributed by atoms with Gasteiger partial charge in [-0.3, -0.25) is 4.79 Å². The zero-order valence-electron chi connectivity index (χ0n) is 22.8. The normalized spacial score (nSPS) is 15.2. The van der Waals surface area contributed by atoms with Crippen molar-refractivity contribution in [1.82, 2.24) is 20.4 Å². The van der Waals surface area contributed by atoms with Gasteiger partial charge in [-0.15, -0.1) is 0 Å². The van der Waals surface area contributed by atoms with Gasteiger partial charge >= 0.3 is 0 Å². The average Bonchev–Trinajstić information content (AvgIpc) is 2.89. The Labute approximate surface area is 213 Å². The molecule has 3 rings (SSSR count). The van der Waals surface area contributed by atoms with Crippen molar-refractivity contribution < 1.29 is 9.90 Å². The summed E-state index contributed by atoms with van der Waals surface area (Å²) in [4.78, 5) is 16.6. The molecule has 194 valence electrons. The molecule has 1 aromatic carbocycles. The molecule has 1 unspecified atom stereocenters. The van der Waals surface area contributed by atoms with Crippen LogP contribution in [0.4, 0.5) is 0 Å². The second kappa shape index (κ2) is 16.7. The van der Waals surface area contributed by atoms with E-state index < -0.39 is 6.10 Å². The van der Waals surface area contributed by atoms with Crippen LogP contribution in [0.1, 0.15) is 50.5 Å². The number of dihydropyridines is 1. The quantitative estimate of drug-likeness (QED) is 0.462. The van der Waals surface area contributed by atoms with E-state index in [-0.39, 0.29) is 5.91 Å². The molecule has 2 aliphatic rings. The van der Waals surface area contributed by atoms with Crippen LogP contribution in [0.25, 0.3) is 0 Å². The molecule has 0 spiro atoms. The molecule has 0 radical (unpaired) electrons. The first kappa shape index (κ1) is 30.2. The standard InChI is InChI=1S/C25H34N4O2.2C2H6/c1-19-6-9-23(15-27-19)24(30)16-26-13-12-20-7-10-22(11-8-20)25(31)29(3)18-21-5-4-14-28(2)17-21;2*1-2/h4-11,17,24,26-27,30H,12-16,18H2,1-3H3;2*1-2H3. The van der Waals surface area contributed by atoms with Gasteiger partial charge in [0.15, 0.2) is 0 Å². The van der Waals surface area contributed by atoms with Crippen molar-refractivity contribution in [3.8, 4) is 0 Å². The summed E-state index contributed by atoms with van der Waals surface area (Å²) in [5.41, 5.74) is 5.10. The van der Waals surface area contributed by atoms with Gasteiger partial charge in [0.25, 0.3) is 5.91 Å². The van der Waals surface area contributed by atoms with E-state index in [0.29, 0.717) is 25.2 Å². The molecule has 0 aliphatic carbocycles. The van der Waals surface area contributed by atoms with Crippen molar-refractivity contribution in [2.45, 2.75) is 47.1 Å². The number of rotatable bonds is 9. The Bertz CT molecular complexity index is 884. The summed E-state index contributed by atoms with van der Waals surface area (Å²) in [6.45, 7) is 13.5. The number of likely N-dealkylation sites (N-methyl/N-ethyl adjacent to an activating group) is 2. The molecule has 1 atom stereocenters. The van der Waals surface area contributed by atoms with Gasteiger partial charge in [-0.25, -0.2) is 0 Å². The molecule has 0 saturated heterocycles. The molecule has 0 saturated carbocycles. The zero-order valence-corrected chi connectivity index (χ0v) is 22.8. The number of hydrogen-bond donors (Lipinski definition) is 3. The van der Waals surface area contributed by atoms with Gasteiger partial charge in [0.2, 0.25) is 0 Å². The summed E-state index contributed by atoms with van der Waals surface area (Å²) in [6.07, 6.45) is 10.6. The van der Waals surface area contributed by atoms with Crippen LogP contribution >= 0.6 is 0 Å². The van der Waals surface area contributed by atoms with Crippen LogP contribution in [0.5, 0.6) is 0 Å². The highest BCUT2D eigenvalue weighted by molar-refractivity contribution is 5.94. The minimum Gasteiger partial charge on any atom is -0.387 e. The van der Waals surface area contributed by atoms with Crippen LogP contribution in [0.15, 0.2) is 71.6 Å². The summed E-state index contributed by atoms with van der Waals surface area (Å²) in [6, 6.07) is 7.81. The van der Waals surface area contributed by atoms with Crippen molar-refractivity contribution in [1.29, 1.82) is 0 Å². The minimum atomic E-state index is -0.485. The Hall–Kier alpha value is -2.83. The van der Waals surface area contributed by atoms with Crippen LogP contribution in [0.2, 0.25) is 0 Å². The lowest BCUT2D eigenvalue weighted by atomic mass is 10.1. The van der Waals surface area contributed by atoms with Gasteiger partial charge in [0.05, 0.1) is 6.10 Å². The number of carbonyl (C=O) groups is 1. The Morgan fingerprint density at radius 1 is 1.17 bits per heavy atom. The van der Waals surface area contributed by atoms with E-state index in [1.54, 1.807) is 4.90 Å². The maximum absolute atomic E-state index is 12.7. The summed E-state index contributed by atoms with van der Waals surface area (Å²) in [7, 11) is 3.87. The van der Waals surface area contributed by atoms with E-state index in [2.05, 4.69) is 33.9 Å². The first-order chi connectivity index (χ1) is 16.9. The highest BCUT2D eigenvalue weighted by atomic mass is 16.3. The average molecular weight is 483 g/mol. The van der Waals surface area contributed by atoms with Gasteiger partial charge < -0.3 is 25.5 Å². The molecule has 3 N–H and O–H groups in total. The number of aliphatic hydroxyl groups is 1. The lowest BCUT2D eigenvalue weighted by Gasteiger charge is -2.22. The van der Waals surface area contributed by atoms with Crippen LogP contribution in [-0.2, 0) is 6.42 Å². The van der Waals surface area contributed by atoms with E-state index >= 15 is 0 Å². The van der Waals surface area contributed by atoms with Crippen molar-refractivity contribution in [2.75, 3.05) is 46.8 Å². The molecule has 1 amide bonds. The molecule has 0 fully saturated rings. The minimum absolute atomic E-state index is 0.0222. The number of aliphatic hydroxyl groups excluding tert-OH is 1. The number of amides is 1. The molecular formula is C29H46N4O2. The van der Waals surface area contributed by atoms with Gasteiger partial charge in [0, 0.05) is 57.7 Å². The maximum atomic E-state index is 12.7. The van der Waals surface area contributed by atoms with Crippen molar-refractivity contribution in [3.63, 3.8) is 0 Å².